The van der Waals surface area contributed by atoms with Crippen molar-refractivity contribution in [2.24, 2.45) is 5.92 Å². The van der Waals surface area contributed by atoms with Gasteiger partial charge in [0.1, 0.15) is 11.5 Å². The summed E-state index contributed by atoms with van der Waals surface area (Å²) < 4.78 is 10.4. The molecular formula is C18H27NO3. The minimum atomic E-state index is -0.0641. The third kappa shape index (κ3) is 4.93. The molecule has 1 fully saturated rings. The minimum Gasteiger partial charge on any atom is -0.497 e. The van der Waals surface area contributed by atoms with Crippen molar-refractivity contribution in [1.29, 1.82) is 0 Å². The van der Waals surface area contributed by atoms with Gasteiger partial charge >= 0.3 is 0 Å². The van der Waals surface area contributed by atoms with Crippen molar-refractivity contribution in [3.63, 3.8) is 0 Å². The SMILES string of the molecule is COc1cc(OC)cc(C(=O)NCCC2CCCCCC2)c1. The molecule has 1 saturated carbocycles. The van der Waals surface area contributed by atoms with Gasteiger partial charge in [0.2, 0.25) is 0 Å². The predicted molar refractivity (Wildman–Crippen MR) is 87.7 cm³/mol. The van der Waals surface area contributed by atoms with Gasteiger partial charge in [0.05, 0.1) is 14.2 Å². The molecule has 1 aromatic carbocycles. The maximum Gasteiger partial charge on any atom is 0.251 e. The highest BCUT2D eigenvalue weighted by molar-refractivity contribution is 5.95. The fourth-order valence-electron chi connectivity index (χ4n) is 3.08. The summed E-state index contributed by atoms with van der Waals surface area (Å²) in [7, 11) is 3.17. The second kappa shape index (κ2) is 8.66. The Labute approximate surface area is 133 Å². The van der Waals surface area contributed by atoms with Crippen LogP contribution in [0.25, 0.3) is 0 Å². The predicted octanol–water partition coefficient (Wildman–Crippen LogP) is 3.79. The lowest BCUT2D eigenvalue weighted by Gasteiger charge is -2.14. The van der Waals surface area contributed by atoms with Crippen molar-refractivity contribution in [2.45, 2.75) is 44.9 Å². The first-order valence-corrected chi connectivity index (χ1v) is 8.24. The molecule has 0 heterocycles. The van der Waals surface area contributed by atoms with E-state index in [1.807, 2.05) is 0 Å². The Morgan fingerprint density at radius 1 is 1.05 bits per heavy atom. The van der Waals surface area contributed by atoms with E-state index in [0.717, 1.165) is 18.9 Å². The summed E-state index contributed by atoms with van der Waals surface area (Å²) in [5.41, 5.74) is 0.581. The van der Waals surface area contributed by atoms with Crippen LogP contribution >= 0.6 is 0 Å². The molecule has 0 aliphatic heterocycles. The largest absolute Gasteiger partial charge is 0.497 e. The van der Waals surface area contributed by atoms with Gasteiger partial charge in [0.25, 0.3) is 5.91 Å². The molecule has 0 bridgehead atoms. The lowest BCUT2D eigenvalue weighted by atomic mass is 9.97. The number of benzene rings is 1. The second-order valence-electron chi connectivity index (χ2n) is 6.00. The average Bonchev–Trinajstić information content (AvgIpc) is 2.83. The number of amides is 1. The molecule has 4 heteroatoms. The molecule has 1 aliphatic rings. The maximum absolute atomic E-state index is 12.3. The molecule has 0 spiro atoms. The molecule has 122 valence electrons. The standard InChI is InChI=1S/C18H27NO3/c1-21-16-11-15(12-17(13-16)22-2)18(20)19-10-9-14-7-5-3-4-6-8-14/h11-14H,3-10H2,1-2H3,(H,19,20). The second-order valence-corrected chi connectivity index (χ2v) is 6.00. The van der Waals surface area contributed by atoms with Gasteiger partial charge in [-0.2, -0.15) is 0 Å². The summed E-state index contributed by atoms with van der Waals surface area (Å²) in [6, 6.07) is 5.25. The summed E-state index contributed by atoms with van der Waals surface area (Å²) in [5, 5.41) is 3.02. The molecule has 0 atom stereocenters. The number of hydrogen-bond donors (Lipinski definition) is 1. The number of ether oxygens (including phenoxy) is 2. The van der Waals surface area contributed by atoms with E-state index in [1.165, 1.54) is 38.5 Å². The molecule has 1 N–H and O–H groups in total. The molecule has 1 aliphatic carbocycles. The Bertz CT molecular complexity index is 457. The van der Waals surface area contributed by atoms with E-state index in [4.69, 9.17) is 9.47 Å². The van der Waals surface area contributed by atoms with Crippen LogP contribution in [0.2, 0.25) is 0 Å². The highest BCUT2D eigenvalue weighted by Crippen LogP contribution is 2.25. The Kier molecular flexibility index (Phi) is 6.56. The van der Waals surface area contributed by atoms with Crippen LogP contribution in [0.1, 0.15) is 55.3 Å². The molecule has 0 radical (unpaired) electrons. The van der Waals surface area contributed by atoms with Crippen molar-refractivity contribution < 1.29 is 14.3 Å². The molecular weight excluding hydrogens is 278 g/mol. The fourth-order valence-corrected chi connectivity index (χ4v) is 3.08. The van der Waals surface area contributed by atoms with E-state index in [1.54, 1.807) is 32.4 Å². The van der Waals surface area contributed by atoms with Crippen LogP contribution in [0.15, 0.2) is 18.2 Å². The first kappa shape index (κ1) is 16.7. The van der Waals surface area contributed by atoms with Crippen molar-refractivity contribution in [3.05, 3.63) is 23.8 Å². The van der Waals surface area contributed by atoms with Crippen molar-refractivity contribution in [1.82, 2.24) is 5.32 Å². The van der Waals surface area contributed by atoms with E-state index in [0.29, 0.717) is 17.1 Å². The fraction of sp³-hybridized carbons (Fsp3) is 0.611. The zero-order valence-corrected chi connectivity index (χ0v) is 13.7. The zero-order chi connectivity index (χ0) is 15.8. The van der Waals surface area contributed by atoms with Crippen LogP contribution in [-0.2, 0) is 0 Å². The number of hydrogen-bond acceptors (Lipinski definition) is 3. The van der Waals surface area contributed by atoms with Gasteiger partial charge in [0.15, 0.2) is 0 Å². The number of methoxy groups -OCH3 is 2. The normalized spacial score (nSPS) is 15.9. The highest BCUT2D eigenvalue weighted by Gasteiger charge is 2.13. The van der Waals surface area contributed by atoms with Gasteiger partial charge in [-0.15, -0.1) is 0 Å². The van der Waals surface area contributed by atoms with Crippen LogP contribution in [0, 0.1) is 5.92 Å². The molecule has 22 heavy (non-hydrogen) atoms. The Morgan fingerprint density at radius 2 is 1.64 bits per heavy atom. The Hall–Kier alpha value is -1.71. The smallest absolute Gasteiger partial charge is 0.251 e. The summed E-state index contributed by atoms with van der Waals surface area (Å²) in [6.45, 7) is 0.739. The van der Waals surface area contributed by atoms with Crippen molar-refractivity contribution in [2.75, 3.05) is 20.8 Å². The van der Waals surface area contributed by atoms with E-state index in [-0.39, 0.29) is 5.91 Å². The van der Waals surface area contributed by atoms with E-state index in [2.05, 4.69) is 5.32 Å². The summed E-state index contributed by atoms with van der Waals surface area (Å²) >= 11 is 0. The van der Waals surface area contributed by atoms with Crippen molar-refractivity contribution in [3.8, 4) is 11.5 Å². The molecule has 4 nitrogen and oxygen atoms in total. The average molecular weight is 305 g/mol. The van der Waals surface area contributed by atoms with Crippen LogP contribution < -0.4 is 14.8 Å². The maximum atomic E-state index is 12.3. The summed E-state index contributed by atoms with van der Waals surface area (Å²) in [5.74, 6) is 1.97. The summed E-state index contributed by atoms with van der Waals surface area (Å²) in [6.07, 6.45) is 9.11. The molecule has 1 aromatic rings. The van der Waals surface area contributed by atoms with Gasteiger partial charge < -0.3 is 14.8 Å². The van der Waals surface area contributed by atoms with Crippen LogP contribution in [0.4, 0.5) is 0 Å². The van der Waals surface area contributed by atoms with Gasteiger partial charge in [-0.25, -0.2) is 0 Å². The van der Waals surface area contributed by atoms with Crippen LogP contribution in [0.3, 0.4) is 0 Å². The van der Waals surface area contributed by atoms with Gasteiger partial charge in [-0.1, -0.05) is 38.5 Å². The Morgan fingerprint density at radius 3 is 2.18 bits per heavy atom. The third-order valence-electron chi connectivity index (χ3n) is 4.43. The number of carbonyl (C=O) groups excluding carboxylic acids is 1. The molecule has 2 rings (SSSR count). The van der Waals surface area contributed by atoms with E-state index in [9.17, 15) is 4.79 Å². The monoisotopic (exact) mass is 305 g/mol. The first-order chi connectivity index (χ1) is 10.7. The molecule has 1 amide bonds. The minimum absolute atomic E-state index is 0.0641. The summed E-state index contributed by atoms with van der Waals surface area (Å²) in [4.78, 5) is 12.3. The zero-order valence-electron chi connectivity index (χ0n) is 13.7. The number of carbonyl (C=O) groups is 1. The van der Waals surface area contributed by atoms with E-state index < -0.39 is 0 Å². The van der Waals surface area contributed by atoms with Crippen molar-refractivity contribution >= 4 is 5.91 Å². The van der Waals surface area contributed by atoms with Crippen LogP contribution in [0.5, 0.6) is 11.5 Å². The lowest BCUT2D eigenvalue weighted by molar-refractivity contribution is 0.0950. The molecule has 0 unspecified atom stereocenters. The quantitative estimate of drug-likeness (QED) is 0.813. The topological polar surface area (TPSA) is 47.6 Å². The number of nitrogens with one attached hydrogen (secondary N) is 1. The lowest BCUT2D eigenvalue weighted by Crippen LogP contribution is -2.26. The van der Waals surface area contributed by atoms with Gasteiger partial charge in [-0.05, 0) is 24.5 Å². The van der Waals surface area contributed by atoms with Gasteiger partial charge in [0, 0.05) is 18.2 Å². The number of rotatable bonds is 6. The highest BCUT2D eigenvalue weighted by atomic mass is 16.5. The van der Waals surface area contributed by atoms with E-state index >= 15 is 0 Å². The van der Waals surface area contributed by atoms with Crippen LogP contribution in [-0.4, -0.2) is 26.7 Å². The Balaban J connectivity index is 1.86. The molecule has 0 saturated heterocycles. The first-order valence-electron chi connectivity index (χ1n) is 8.24. The third-order valence-corrected chi connectivity index (χ3v) is 4.43. The molecule has 0 aromatic heterocycles. The van der Waals surface area contributed by atoms with Gasteiger partial charge in [-0.3, -0.25) is 4.79 Å².